The van der Waals surface area contributed by atoms with Crippen molar-refractivity contribution in [2.75, 3.05) is 42.5 Å². The van der Waals surface area contributed by atoms with Crippen molar-refractivity contribution in [2.45, 2.75) is 32.7 Å². The third kappa shape index (κ3) is 3.64. The van der Waals surface area contributed by atoms with E-state index < -0.39 is 0 Å². The number of hydrogen-bond acceptors (Lipinski definition) is 4. The van der Waals surface area contributed by atoms with Gasteiger partial charge in [0.15, 0.2) is 0 Å². The maximum Gasteiger partial charge on any atom is 0.254 e. The van der Waals surface area contributed by atoms with Crippen molar-refractivity contribution in [3.63, 3.8) is 0 Å². The van der Waals surface area contributed by atoms with Crippen molar-refractivity contribution >= 4 is 17.4 Å². The zero-order valence-electron chi connectivity index (χ0n) is 16.3. The third-order valence-corrected chi connectivity index (χ3v) is 5.76. The second-order valence-electron chi connectivity index (χ2n) is 7.68. The minimum atomic E-state index is 0.141. The number of carbonyl (C=O) groups excluding carboxylic acids is 1. The molecule has 0 radical (unpaired) electrons. The molecule has 142 valence electrons. The average Bonchev–Trinajstić information content (AvgIpc) is 3.22. The van der Waals surface area contributed by atoms with Crippen LogP contribution in [-0.4, -0.2) is 54.6 Å². The van der Waals surface area contributed by atoms with Crippen molar-refractivity contribution in [1.82, 2.24) is 9.88 Å². The zero-order valence-corrected chi connectivity index (χ0v) is 16.3. The molecule has 4 rings (SSSR count). The van der Waals surface area contributed by atoms with E-state index in [1.807, 2.05) is 17.0 Å². The largest absolute Gasteiger partial charge is 0.367 e. The summed E-state index contributed by atoms with van der Waals surface area (Å²) in [7, 11) is 0. The van der Waals surface area contributed by atoms with Crippen LogP contribution in [0.5, 0.6) is 0 Å². The van der Waals surface area contributed by atoms with E-state index in [0.29, 0.717) is 6.04 Å². The number of aryl methyl sites for hydroxylation is 1. The molecule has 0 saturated carbocycles. The first-order valence-electron chi connectivity index (χ1n) is 9.96. The third-order valence-electron chi connectivity index (χ3n) is 5.76. The number of hydrogen-bond donors (Lipinski definition) is 0. The lowest BCUT2D eigenvalue weighted by Gasteiger charge is -2.42. The number of carbonyl (C=O) groups is 1. The molecule has 2 aliphatic heterocycles. The number of piperazine rings is 1. The molecule has 5 nitrogen and oxygen atoms in total. The highest BCUT2D eigenvalue weighted by molar-refractivity contribution is 5.95. The Bertz CT molecular complexity index is 815. The first-order valence-corrected chi connectivity index (χ1v) is 9.96. The fraction of sp³-hybridized carbons (Fsp3) is 0.455. The summed E-state index contributed by atoms with van der Waals surface area (Å²) in [6.07, 6.45) is 4.00. The molecule has 3 heterocycles. The van der Waals surface area contributed by atoms with Crippen LogP contribution in [0.3, 0.4) is 0 Å². The Balaban J connectivity index is 1.49. The fourth-order valence-corrected chi connectivity index (χ4v) is 4.25. The summed E-state index contributed by atoms with van der Waals surface area (Å²) in [5.41, 5.74) is 3.39. The molecule has 0 N–H and O–H groups in total. The highest BCUT2D eigenvalue weighted by atomic mass is 16.2. The second kappa shape index (κ2) is 7.59. The van der Waals surface area contributed by atoms with Gasteiger partial charge in [-0.3, -0.25) is 4.79 Å². The predicted molar refractivity (Wildman–Crippen MR) is 110 cm³/mol. The number of benzene rings is 1. The van der Waals surface area contributed by atoms with E-state index in [9.17, 15) is 4.79 Å². The monoisotopic (exact) mass is 364 g/mol. The summed E-state index contributed by atoms with van der Waals surface area (Å²) in [5, 5.41) is 0. The lowest BCUT2D eigenvalue weighted by molar-refractivity contribution is 0.0792. The van der Waals surface area contributed by atoms with Crippen LogP contribution in [0.1, 0.15) is 35.7 Å². The number of rotatable bonds is 3. The number of pyridine rings is 1. The quantitative estimate of drug-likeness (QED) is 0.837. The van der Waals surface area contributed by atoms with Gasteiger partial charge in [-0.1, -0.05) is 18.2 Å². The molecule has 2 aliphatic rings. The van der Waals surface area contributed by atoms with Crippen LogP contribution < -0.4 is 9.80 Å². The van der Waals surface area contributed by atoms with E-state index in [1.54, 1.807) is 6.20 Å². The minimum Gasteiger partial charge on any atom is -0.367 e. The molecule has 0 bridgehead atoms. The lowest BCUT2D eigenvalue weighted by atomic mass is 10.1. The van der Waals surface area contributed by atoms with Crippen LogP contribution in [0.25, 0.3) is 0 Å². The summed E-state index contributed by atoms with van der Waals surface area (Å²) in [4.78, 5) is 24.0. The van der Waals surface area contributed by atoms with Crippen LogP contribution in [0.2, 0.25) is 0 Å². The molecule has 2 aromatic rings. The molecule has 0 unspecified atom stereocenters. The van der Waals surface area contributed by atoms with E-state index in [4.69, 9.17) is 0 Å². The van der Waals surface area contributed by atoms with E-state index >= 15 is 0 Å². The highest BCUT2D eigenvalue weighted by Crippen LogP contribution is 2.26. The summed E-state index contributed by atoms with van der Waals surface area (Å²) >= 11 is 0. The number of nitrogens with zero attached hydrogens (tertiary/aromatic N) is 4. The van der Waals surface area contributed by atoms with Crippen molar-refractivity contribution < 1.29 is 4.79 Å². The standard InChI is InChI=1S/C22H28N4O/c1-17-7-3-4-8-20(17)25-13-14-26(18(2)16-25)21-15-19(9-10-23-21)22(27)24-11-5-6-12-24/h3-4,7-10,15,18H,5-6,11-14,16H2,1-2H3/t18-/m1/s1. The molecule has 2 fully saturated rings. The molecule has 0 spiro atoms. The molecular formula is C22H28N4O. The molecule has 1 aromatic heterocycles. The number of para-hydroxylation sites is 1. The van der Waals surface area contributed by atoms with Crippen LogP contribution >= 0.6 is 0 Å². The van der Waals surface area contributed by atoms with Crippen LogP contribution in [0, 0.1) is 6.92 Å². The van der Waals surface area contributed by atoms with Crippen molar-refractivity contribution in [3.8, 4) is 0 Å². The van der Waals surface area contributed by atoms with Gasteiger partial charge in [-0.15, -0.1) is 0 Å². The van der Waals surface area contributed by atoms with E-state index in [0.717, 1.165) is 56.9 Å². The summed E-state index contributed by atoms with van der Waals surface area (Å²) < 4.78 is 0. The molecule has 1 aromatic carbocycles. The molecule has 2 saturated heterocycles. The number of amides is 1. The van der Waals surface area contributed by atoms with E-state index in [-0.39, 0.29) is 5.91 Å². The van der Waals surface area contributed by atoms with Gasteiger partial charge in [0.2, 0.25) is 0 Å². The van der Waals surface area contributed by atoms with Crippen LogP contribution in [-0.2, 0) is 0 Å². The van der Waals surface area contributed by atoms with Gasteiger partial charge < -0.3 is 14.7 Å². The van der Waals surface area contributed by atoms with Crippen LogP contribution in [0.4, 0.5) is 11.5 Å². The van der Waals surface area contributed by atoms with Gasteiger partial charge in [0.05, 0.1) is 0 Å². The molecule has 27 heavy (non-hydrogen) atoms. The van der Waals surface area contributed by atoms with Gasteiger partial charge in [-0.25, -0.2) is 4.98 Å². The molecule has 5 heteroatoms. The Morgan fingerprint density at radius 1 is 1.07 bits per heavy atom. The first kappa shape index (κ1) is 17.8. The Hall–Kier alpha value is -2.56. The Labute approximate surface area is 161 Å². The summed E-state index contributed by atoms with van der Waals surface area (Å²) in [5.74, 6) is 1.05. The van der Waals surface area contributed by atoms with Gasteiger partial charge >= 0.3 is 0 Å². The fourth-order valence-electron chi connectivity index (χ4n) is 4.25. The number of anilines is 2. The molecular weight excluding hydrogens is 336 g/mol. The van der Waals surface area contributed by atoms with Gasteiger partial charge in [-0.05, 0) is 50.5 Å². The van der Waals surface area contributed by atoms with Crippen molar-refractivity contribution in [2.24, 2.45) is 0 Å². The number of likely N-dealkylation sites (tertiary alicyclic amines) is 1. The first-order chi connectivity index (χ1) is 13.1. The van der Waals surface area contributed by atoms with E-state index in [2.05, 4.69) is 52.9 Å². The molecule has 0 aliphatic carbocycles. The predicted octanol–water partition coefficient (Wildman–Crippen LogP) is 3.34. The molecule has 1 atom stereocenters. The minimum absolute atomic E-state index is 0.141. The Morgan fingerprint density at radius 3 is 2.59 bits per heavy atom. The normalized spacial score (nSPS) is 20.2. The zero-order chi connectivity index (χ0) is 18.8. The van der Waals surface area contributed by atoms with E-state index in [1.165, 1.54) is 11.3 Å². The molecule has 1 amide bonds. The summed E-state index contributed by atoms with van der Waals surface area (Å²) in [6.45, 7) is 8.98. The number of aromatic nitrogens is 1. The van der Waals surface area contributed by atoms with Gasteiger partial charge in [0, 0.05) is 56.2 Å². The Morgan fingerprint density at radius 2 is 1.85 bits per heavy atom. The Kier molecular flexibility index (Phi) is 5.01. The smallest absolute Gasteiger partial charge is 0.254 e. The van der Waals surface area contributed by atoms with Crippen LogP contribution in [0.15, 0.2) is 42.6 Å². The van der Waals surface area contributed by atoms with Gasteiger partial charge in [0.1, 0.15) is 5.82 Å². The highest BCUT2D eigenvalue weighted by Gasteiger charge is 2.27. The maximum absolute atomic E-state index is 12.7. The van der Waals surface area contributed by atoms with Crippen molar-refractivity contribution in [3.05, 3.63) is 53.7 Å². The average molecular weight is 364 g/mol. The SMILES string of the molecule is Cc1ccccc1N1CCN(c2cc(C(=O)N3CCCC3)ccn2)[C@H](C)C1. The second-order valence-corrected chi connectivity index (χ2v) is 7.68. The maximum atomic E-state index is 12.7. The van der Waals surface area contributed by atoms with Gasteiger partial charge in [0.25, 0.3) is 5.91 Å². The van der Waals surface area contributed by atoms with Crippen molar-refractivity contribution in [1.29, 1.82) is 0 Å². The van der Waals surface area contributed by atoms with Gasteiger partial charge in [-0.2, -0.15) is 0 Å². The summed E-state index contributed by atoms with van der Waals surface area (Å²) in [6, 6.07) is 12.7. The topological polar surface area (TPSA) is 39.7 Å². The lowest BCUT2D eigenvalue weighted by Crippen LogP contribution is -2.52.